The summed E-state index contributed by atoms with van der Waals surface area (Å²) < 4.78 is 2.22. The molecule has 3 aromatic rings. The van der Waals surface area contributed by atoms with Crippen LogP contribution in [0.15, 0.2) is 54.9 Å². The zero-order chi connectivity index (χ0) is 21.3. The molecule has 1 N–H and O–H groups in total. The number of nitrogens with one attached hydrogen (secondary N) is 1. The van der Waals surface area contributed by atoms with Gasteiger partial charge in [0.05, 0.1) is 17.8 Å². The molecule has 1 saturated heterocycles. The molecule has 0 amide bonds. The van der Waals surface area contributed by atoms with Gasteiger partial charge in [-0.1, -0.05) is 12.1 Å². The third-order valence-corrected chi connectivity index (χ3v) is 6.01. The molecule has 2 unspecified atom stereocenters. The van der Waals surface area contributed by atoms with Gasteiger partial charge in [-0.05, 0) is 76.1 Å². The third kappa shape index (κ3) is 3.82. The number of rotatable bonds is 6. The Morgan fingerprint density at radius 3 is 2.43 bits per heavy atom. The van der Waals surface area contributed by atoms with E-state index in [2.05, 4.69) is 69.7 Å². The summed E-state index contributed by atoms with van der Waals surface area (Å²) in [6.07, 6.45) is 3.68. The highest BCUT2D eigenvalue weighted by Crippen LogP contribution is 2.41. The van der Waals surface area contributed by atoms with Crippen molar-refractivity contribution < 1.29 is 0 Å². The number of nitrogens with zero attached hydrogens (tertiary/aromatic N) is 5. The number of hydrogen-bond donors (Lipinski definition) is 1. The smallest absolute Gasteiger partial charge is 0.170 e. The van der Waals surface area contributed by atoms with E-state index in [1.54, 1.807) is 0 Å². The summed E-state index contributed by atoms with van der Waals surface area (Å²) in [6, 6.07) is 14.4. The third-order valence-electron chi connectivity index (χ3n) is 5.65. The van der Waals surface area contributed by atoms with Gasteiger partial charge in [-0.15, -0.1) is 0 Å². The van der Waals surface area contributed by atoms with Crippen LogP contribution in [0.4, 0.5) is 0 Å². The van der Waals surface area contributed by atoms with Crippen LogP contribution in [0.2, 0.25) is 0 Å². The maximum Gasteiger partial charge on any atom is 0.170 e. The first kappa shape index (κ1) is 20.5. The molecule has 6 nitrogen and oxygen atoms in total. The minimum Gasteiger partial charge on any atom is -0.352 e. The Labute approximate surface area is 183 Å². The summed E-state index contributed by atoms with van der Waals surface area (Å²) in [5.41, 5.74) is 4.59. The molecular weight excluding hydrogens is 392 g/mol. The second-order valence-electron chi connectivity index (χ2n) is 7.97. The van der Waals surface area contributed by atoms with Crippen LogP contribution in [0, 0.1) is 13.8 Å². The Kier molecular flexibility index (Phi) is 5.83. The topological polar surface area (TPSA) is 49.2 Å². The monoisotopic (exact) mass is 420 g/mol. The van der Waals surface area contributed by atoms with Crippen LogP contribution >= 0.6 is 12.2 Å². The van der Waals surface area contributed by atoms with Crippen molar-refractivity contribution in [2.24, 2.45) is 0 Å². The molecule has 0 radical (unpaired) electrons. The molecule has 0 spiro atoms. The van der Waals surface area contributed by atoms with E-state index in [0.717, 1.165) is 35.4 Å². The van der Waals surface area contributed by atoms with Crippen molar-refractivity contribution in [3.8, 4) is 5.82 Å². The van der Waals surface area contributed by atoms with Crippen LogP contribution in [-0.4, -0.2) is 56.6 Å². The predicted molar refractivity (Wildman–Crippen MR) is 124 cm³/mol. The molecule has 1 fully saturated rings. The first-order chi connectivity index (χ1) is 14.5. The first-order valence-electron chi connectivity index (χ1n) is 10.2. The van der Waals surface area contributed by atoms with Gasteiger partial charge in [0.25, 0.3) is 0 Å². The van der Waals surface area contributed by atoms with E-state index in [1.165, 1.54) is 11.3 Å². The second-order valence-corrected chi connectivity index (χ2v) is 8.36. The van der Waals surface area contributed by atoms with E-state index in [9.17, 15) is 0 Å². The summed E-state index contributed by atoms with van der Waals surface area (Å²) in [5.74, 6) is 0.932. The summed E-state index contributed by atoms with van der Waals surface area (Å²) in [6.45, 7) is 6.07. The number of hydrogen-bond acceptors (Lipinski definition) is 4. The molecule has 0 saturated carbocycles. The molecule has 0 bridgehead atoms. The normalized spacial score (nSPS) is 18.8. The van der Waals surface area contributed by atoms with E-state index < -0.39 is 0 Å². The van der Waals surface area contributed by atoms with Gasteiger partial charge in [-0.3, -0.25) is 4.98 Å². The Bertz CT molecular complexity index is 1010. The Morgan fingerprint density at radius 1 is 1.07 bits per heavy atom. The maximum absolute atomic E-state index is 5.77. The quantitative estimate of drug-likeness (QED) is 0.617. The van der Waals surface area contributed by atoms with E-state index in [-0.39, 0.29) is 12.1 Å². The van der Waals surface area contributed by atoms with E-state index in [0.29, 0.717) is 0 Å². The molecule has 30 heavy (non-hydrogen) atoms. The van der Waals surface area contributed by atoms with Crippen LogP contribution in [0.25, 0.3) is 5.82 Å². The van der Waals surface area contributed by atoms with E-state index in [1.807, 2.05) is 42.7 Å². The predicted octanol–water partition coefficient (Wildman–Crippen LogP) is 3.42. The molecule has 1 aliphatic rings. The molecule has 7 heteroatoms. The number of aryl methyl sites for hydroxylation is 1. The molecule has 1 aliphatic heterocycles. The van der Waals surface area contributed by atoms with Crippen LogP contribution in [0.5, 0.6) is 0 Å². The van der Waals surface area contributed by atoms with Crippen LogP contribution < -0.4 is 5.32 Å². The van der Waals surface area contributed by atoms with Crippen molar-refractivity contribution in [1.82, 2.24) is 29.7 Å². The van der Waals surface area contributed by atoms with Crippen molar-refractivity contribution in [2.75, 3.05) is 27.2 Å². The lowest BCUT2D eigenvalue weighted by atomic mass is 9.97. The standard InChI is InChI=1S/C23H28N6S/c1-16-15-18(17(2)29(16)20-10-6-8-12-25-20)22-21(19-9-5-7-11-24-19)26-23(30)28(22)14-13-27(3)4/h5-12,15,21-22H,13-14H2,1-4H3,(H,26,30). The van der Waals surface area contributed by atoms with Gasteiger partial charge in [0.1, 0.15) is 5.82 Å². The number of pyridine rings is 2. The van der Waals surface area contributed by atoms with Gasteiger partial charge in [-0.25, -0.2) is 4.98 Å². The lowest BCUT2D eigenvalue weighted by Gasteiger charge is -2.29. The summed E-state index contributed by atoms with van der Waals surface area (Å²) in [4.78, 5) is 13.7. The van der Waals surface area contributed by atoms with E-state index >= 15 is 0 Å². The highest BCUT2D eigenvalue weighted by Gasteiger charge is 2.41. The molecule has 0 aromatic carbocycles. The van der Waals surface area contributed by atoms with E-state index in [4.69, 9.17) is 12.2 Å². The molecule has 3 aromatic heterocycles. The number of thiocarbonyl (C=S) groups is 1. The highest BCUT2D eigenvalue weighted by molar-refractivity contribution is 7.80. The summed E-state index contributed by atoms with van der Waals surface area (Å²) in [5, 5.41) is 4.32. The van der Waals surface area contributed by atoms with Crippen LogP contribution in [0.1, 0.15) is 34.7 Å². The van der Waals surface area contributed by atoms with Crippen LogP contribution in [0.3, 0.4) is 0 Å². The van der Waals surface area contributed by atoms with Gasteiger partial charge in [-0.2, -0.15) is 0 Å². The summed E-state index contributed by atoms with van der Waals surface area (Å²) in [7, 11) is 4.18. The first-order valence-corrected chi connectivity index (χ1v) is 10.6. The minimum absolute atomic E-state index is 0.00135. The van der Waals surface area contributed by atoms with Crippen molar-refractivity contribution in [3.63, 3.8) is 0 Å². The molecule has 2 atom stereocenters. The van der Waals surface area contributed by atoms with Crippen molar-refractivity contribution >= 4 is 17.3 Å². The SMILES string of the molecule is Cc1cc(C2C(c3ccccn3)NC(=S)N2CCN(C)C)c(C)n1-c1ccccn1. The number of aromatic nitrogens is 3. The lowest BCUT2D eigenvalue weighted by molar-refractivity contribution is 0.277. The summed E-state index contributed by atoms with van der Waals surface area (Å²) >= 11 is 5.77. The Hall–Kier alpha value is -2.77. The van der Waals surface area contributed by atoms with Gasteiger partial charge in [0.2, 0.25) is 0 Å². The largest absolute Gasteiger partial charge is 0.352 e. The zero-order valence-electron chi connectivity index (χ0n) is 17.9. The minimum atomic E-state index is -0.00135. The van der Waals surface area contributed by atoms with Gasteiger partial charge in [0.15, 0.2) is 5.11 Å². The molecule has 4 heterocycles. The molecule has 0 aliphatic carbocycles. The van der Waals surface area contributed by atoms with Gasteiger partial charge >= 0.3 is 0 Å². The van der Waals surface area contributed by atoms with Crippen molar-refractivity contribution in [2.45, 2.75) is 25.9 Å². The van der Waals surface area contributed by atoms with Crippen LogP contribution in [-0.2, 0) is 0 Å². The molecule has 4 rings (SSSR count). The lowest BCUT2D eigenvalue weighted by Crippen LogP contribution is -2.35. The average Bonchev–Trinajstić information content (AvgIpc) is 3.22. The number of likely N-dealkylation sites (N-methyl/N-ethyl adjacent to an activating group) is 1. The highest BCUT2D eigenvalue weighted by atomic mass is 32.1. The fourth-order valence-corrected chi connectivity index (χ4v) is 4.55. The fraction of sp³-hybridized carbons (Fsp3) is 0.348. The maximum atomic E-state index is 5.77. The zero-order valence-corrected chi connectivity index (χ0v) is 18.7. The molecule has 156 valence electrons. The molecular formula is C23H28N6S. The van der Waals surface area contributed by atoms with Crippen molar-refractivity contribution in [1.29, 1.82) is 0 Å². The average molecular weight is 421 g/mol. The fourth-order valence-electron chi connectivity index (χ4n) is 4.22. The Balaban J connectivity index is 1.80. The van der Waals surface area contributed by atoms with Gasteiger partial charge < -0.3 is 19.7 Å². The van der Waals surface area contributed by atoms with Crippen molar-refractivity contribution in [3.05, 3.63) is 77.5 Å². The van der Waals surface area contributed by atoms with Gasteiger partial charge in [0, 0.05) is 36.9 Å². The Morgan fingerprint density at radius 2 is 1.80 bits per heavy atom. The second kappa shape index (κ2) is 8.53.